The second-order valence-corrected chi connectivity index (χ2v) is 12.1. The number of rotatable bonds is 5. The SMILES string of the molecule is [2H]c1c([2H])c([2H])c(-c2cccc(-c3c([2H])c([2H])c([2H])c([2H])c3[2H])c2-c2c3ccccc3c(-c3cccc4oc5cc(-c6ccccc6)ccc5c34)c3c([2H])c([2H])c([2H])c([2H])c23)c([2H])c1[2H]. The highest BCUT2D eigenvalue weighted by molar-refractivity contribution is 6.27. The molecule has 1 aromatic heterocycles. The summed E-state index contributed by atoms with van der Waals surface area (Å²) in [5, 5.41) is 2.44. The summed E-state index contributed by atoms with van der Waals surface area (Å²) in [6.07, 6.45) is 0. The van der Waals surface area contributed by atoms with E-state index in [1.165, 1.54) is 18.2 Å². The molecule has 0 bridgehead atoms. The van der Waals surface area contributed by atoms with Gasteiger partial charge in [-0.3, -0.25) is 0 Å². The Balaban J connectivity index is 1.43. The average molecular weight is 663 g/mol. The van der Waals surface area contributed by atoms with E-state index in [1.807, 2.05) is 66.7 Å². The molecule has 10 aromatic rings. The zero-order valence-corrected chi connectivity index (χ0v) is 26.8. The molecule has 10 rings (SSSR count). The fourth-order valence-electron chi connectivity index (χ4n) is 7.27. The lowest BCUT2D eigenvalue weighted by Crippen LogP contribution is -1.95. The second kappa shape index (κ2) is 12.0. The molecule has 0 spiro atoms. The first-order chi connectivity index (χ1) is 31.1. The molecule has 0 saturated heterocycles. The van der Waals surface area contributed by atoms with Crippen LogP contribution in [0.15, 0.2) is 198 Å². The molecule has 1 heterocycles. The fraction of sp³-hybridized carbons (Fsp3) is 0. The van der Waals surface area contributed by atoms with Gasteiger partial charge in [0.05, 0.1) is 19.2 Å². The van der Waals surface area contributed by atoms with Crippen LogP contribution in [0.3, 0.4) is 0 Å². The van der Waals surface area contributed by atoms with Crippen LogP contribution >= 0.6 is 0 Å². The van der Waals surface area contributed by atoms with Gasteiger partial charge in [-0.1, -0.05) is 176 Å². The van der Waals surface area contributed by atoms with Crippen LogP contribution in [0.2, 0.25) is 0 Å². The molecule has 238 valence electrons. The van der Waals surface area contributed by atoms with Gasteiger partial charge in [0.15, 0.2) is 0 Å². The van der Waals surface area contributed by atoms with Crippen molar-refractivity contribution in [1.82, 2.24) is 0 Å². The van der Waals surface area contributed by atoms with E-state index in [4.69, 9.17) is 20.9 Å². The van der Waals surface area contributed by atoms with Gasteiger partial charge in [-0.15, -0.1) is 0 Å². The van der Waals surface area contributed by atoms with E-state index < -0.39 is 78.6 Å². The first-order valence-electron chi connectivity index (χ1n) is 23.4. The van der Waals surface area contributed by atoms with Crippen molar-refractivity contribution in [2.45, 2.75) is 0 Å². The number of benzene rings is 9. The van der Waals surface area contributed by atoms with Gasteiger partial charge in [0.2, 0.25) is 0 Å². The number of hydrogen-bond acceptors (Lipinski definition) is 1. The predicted molar refractivity (Wildman–Crippen MR) is 216 cm³/mol. The van der Waals surface area contributed by atoms with E-state index >= 15 is 0 Å². The molecule has 0 aliphatic rings. The minimum atomic E-state index is -0.640. The van der Waals surface area contributed by atoms with E-state index in [1.54, 1.807) is 24.3 Å². The van der Waals surface area contributed by atoms with E-state index in [-0.39, 0.29) is 50.2 Å². The van der Waals surface area contributed by atoms with Crippen LogP contribution in [-0.2, 0) is 0 Å². The minimum Gasteiger partial charge on any atom is -0.456 e. The number of fused-ring (bicyclic) bond motifs is 5. The maximum absolute atomic E-state index is 9.70. The van der Waals surface area contributed by atoms with Crippen molar-refractivity contribution in [3.05, 3.63) is 194 Å². The van der Waals surface area contributed by atoms with Crippen LogP contribution in [0.5, 0.6) is 0 Å². The Hall–Kier alpha value is -6.70. The van der Waals surface area contributed by atoms with Crippen LogP contribution in [0.1, 0.15) is 19.2 Å². The quantitative estimate of drug-likeness (QED) is 0.167. The van der Waals surface area contributed by atoms with Gasteiger partial charge in [-0.05, 0) is 95.4 Å². The van der Waals surface area contributed by atoms with E-state index in [0.717, 1.165) is 16.5 Å². The Morgan fingerprint density at radius 1 is 0.333 bits per heavy atom. The van der Waals surface area contributed by atoms with Crippen molar-refractivity contribution in [2.75, 3.05) is 0 Å². The maximum atomic E-state index is 9.70. The molecule has 0 aliphatic heterocycles. The zero-order valence-electron chi connectivity index (χ0n) is 40.8. The first-order valence-corrected chi connectivity index (χ1v) is 16.4. The second-order valence-electron chi connectivity index (χ2n) is 12.1. The Bertz CT molecular complexity index is 3560. The van der Waals surface area contributed by atoms with Crippen LogP contribution in [-0.4, -0.2) is 0 Å². The van der Waals surface area contributed by atoms with Gasteiger partial charge < -0.3 is 4.42 Å². The van der Waals surface area contributed by atoms with E-state index in [2.05, 4.69) is 0 Å². The Morgan fingerprint density at radius 2 is 0.902 bits per heavy atom. The third kappa shape index (κ3) is 4.78. The molecule has 0 aliphatic carbocycles. The lowest BCUT2D eigenvalue weighted by Gasteiger charge is -2.22. The minimum absolute atomic E-state index is 0.00528. The highest BCUT2D eigenvalue weighted by Crippen LogP contribution is 2.50. The summed E-state index contributed by atoms with van der Waals surface area (Å²) < 4.78 is 132. The molecule has 0 saturated carbocycles. The van der Waals surface area contributed by atoms with Gasteiger partial charge in [0, 0.05) is 10.8 Å². The summed E-state index contributed by atoms with van der Waals surface area (Å²) in [4.78, 5) is 0. The van der Waals surface area contributed by atoms with Gasteiger partial charge >= 0.3 is 0 Å². The van der Waals surface area contributed by atoms with Crippen LogP contribution < -0.4 is 0 Å². The Kier molecular flexibility index (Phi) is 4.32. The third-order valence-corrected chi connectivity index (χ3v) is 9.38. The smallest absolute Gasteiger partial charge is 0.136 e. The monoisotopic (exact) mass is 662 g/mol. The van der Waals surface area contributed by atoms with Crippen molar-refractivity contribution in [3.63, 3.8) is 0 Å². The summed E-state index contributed by atoms with van der Waals surface area (Å²) in [5.74, 6) is 0. The van der Waals surface area contributed by atoms with Crippen molar-refractivity contribution in [2.24, 2.45) is 0 Å². The molecule has 0 N–H and O–H groups in total. The number of furan rings is 1. The average Bonchev–Trinajstić information content (AvgIpc) is 3.71. The molecule has 1 heteroatoms. The van der Waals surface area contributed by atoms with Crippen molar-refractivity contribution in [1.29, 1.82) is 0 Å². The third-order valence-electron chi connectivity index (χ3n) is 9.38. The standard InChI is InChI=1S/C50H32O/c1-4-16-33(17-5-1)36-30-31-43-46(32-36)51-45-29-15-28-44(48(43)45)47-39-22-10-12-24-41(39)50(42-25-13-11-23-40(42)47)49-37(34-18-6-2-7-19-34)26-14-27-38(49)35-20-8-3-9-21-35/h1-32H/i2D,3D,6D,7D,8D,9D,10D,12D,18D,19D,20D,21D,22D,24D. The van der Waals surface area contributed by atoms with E-state index in [0.29, 0.717) is 38.5 Å². The van der Waals surface area contributed by atoms with E-state index in [9.17, 15) is 2.74 Å². The molecule has 0 unspecified atom stereocenters. The predicted octanol–water partition coefficient (Wildman–Crippen LogP) is 14.2. The lowest BCUT2D eigenvalue weighted by molar-refractivity contribution is 0.669. The summed E-state index contributed by atoms with van der Waals surface area (Å²) >= 11 is 0. The summed E-state index contributed by atoms with van der Waals surface area (Å²) in [6, 6.07) is 24.8. The zero-order chi connectivity index (χ0) is 45.9. The largest absolute Gasteiger partial charge is 0.456 e. The summed E-state index contributed by atoms with van der Waals surface area (Å²) in [6.45, 7) is 0. The van der Waals surface area contributed by atoms with Crippen molar-refractivity contribution >= 4 is 43.5 Å². The van der Waals surface area contributed by atoms with Crippen molar-refractivity contribution < 1.29 is 23.6 Å². The Morgan fingerprint density at radius 3 is 1.59 bits per heavy atom. The highest BCUT2D eigenvalue weighted by Gasteiger charge is 2.23. The van der Waals surface area contributed by atoms with Gasteiger partial charge in [0.25, 0.3) is 0 Å². The molecule has 9 aromatic carbocycles. The molecule has 0 atom stereocenters. The van der Waals surface area contributed by atoms with Crippen LogP contribution in [0, 0.1) is 0 Å². The fourth-order valence-corrected chi connectivity index (χ4v) is 7.27. The number of hydrogen-bond donors (Lipinski definition) is 0. The maximum Gasteiger partial charge on any atom is 0.136 e. The molecule has 0 fully saturated rings. The molecular weight excluding hydrogens is 617 g/mol. The summed E-state index contributed by atoms with van der Waals surface area (Å²) in [7, 11) is 0. The molecular formula is C50H32O. The van der Waals surface area contributed by atoms with Crippen LogP contribution in [0.25, 0.3) is 99.1 Å². The molecule has 0 radical (unpaired) electrons. The van der Waals surface area contributed by atoms with Crippen LogP contribution in [0.4, 0.5) is 0 Å². The summed E-state index contributed by atoms with van der Waals surface area (Å²) in [5.41, 5.74) is 3.74. The highest BCUT2D eigenvalue weighted by atomic mass is 16.3. The molecule has 51 heavy (non-hydrogen) atoms. The van der Waals surface area contributed by atoms with Gasteiger partial charge in [-0.25, -0.2) is 0 Å². The lowest BCUT2D eigenvalue weighted by atomic mass is 9.80. The first kappa shape index (κ1) is 18.3. The Labute approximate surface area is 316 Å². The van der Waals surface area contributed by atoms with Gasteiger partial charge in [-0.2, -0.15) is 0 Å². The van der Waals surface area contributed by atoms with Gasteiger partial charge in [0.1, 0.15) is 11.2 Å². The molecule has 1 nitrogen and oxygen atoms in total. The van der Waals surface area contributed by atoms with Crippen molar-refractivity contribution in [3.8, 4) is 55.6 Å². The topological polar surface area (TPSA) is 13.1 Å². The normalized spacial score (nSPS) is 15.4. The molecule has 0 amide bonds.